The van der Waals surface area contributed by atoms with Gasteiger partial charge in [0.1, 0.15) is 0 Å². The highest BCUT2D eigenvalue weighted by Crippen LogP contribution is 2.22. The van der Waals surface area contributed by atoms with Crippen LogP contribution in [0, 0.1) is 0 Å². The molecule has 0 aromatic rings. The molecule has 0 aromatic heterocycles. The van der Waals surface area contributed by atoms with Crippen molar-refractivity contribution in [1.29, 1.82) is 0 Å². The van der Waals surface area contributed by atoms with Gasteiger partial charge in [-0.15, -0.1) is 0 Å². The lowest BCUT2D eigenvalue weighted by molar-refractivity contribution is -0.114. The molecule has 3 nitrogen and oxygen atoms in total. The van der Waals surface area contributed by atoms with Crippen LogP contribution in [0.2, 0.25) is 0 Å². The van der Waals surface area contributed by atoms with Gasteiger partial charge in [0.2, 0.25) is 0 Å². The van der Waals surface area contributed by atoms with Crippen LogP contribution in [0.25, 0.3) is 0 Å². The molecule has 13 heavy (non-hydrogen) atoms. The Hall–Kier alpha value is -0.120. The van der Waals surface area contributed by atoms with Gasteiger partial charge >= 0.3 is 0 Å². The van der Waals surface area contributed by atoms with Crippen LogP contribution in [0.3, 0.4) is 0 Å². The number of rotatable bonds is 4. The maximum absolute atomic E-state index is 9.49. The van der Waals surface area contributed by atoms with Crippen molar-refractivity contribution in [1.82, 2.24) is 0 Å². The van der Waals surface area contributed by atoms with E-state index in [0.717, 1.165) is 25.7 Å². The molecule has 1 aliphatic rings. The largest absolute Gasteiger partial charge is 0.394 e. The van der Waals surface area contributed by atoms with Gasteiger partial charge in [-0.1, -0.05) is 19.8 Å². The summed E-state index contributed by atoms with van der Waals surface area (Å²) in [5, 5.41) is 18.4. The maximum Gasteiger partial charge on any atom is 0.0834 e. The van der Waals surface area contributed by atoms with Gasteiger partial charge in [-0.2, -0.15) is 0 Å². The van der Waals surface area contributed by atoms with Gasteiger partial charge < -0.3 is 14.9 Å². The van der Waals surface area contributed by atoms with E-state index in [1.165, 1.54) is 0 Å². The normalized spacial score (nSPS) is 34.8. The lowest BCUT2D eigenvalue weighted by Crippen LogP contribution is -2.37. The molecule has 78 valence electrons. The van der Waals surface area contributed by atoms with Crippen LogP contribution in [-0.4, -0.2) is 35.1 Å². The third-order valence-corrected chi connectivity index (χ3v) is 2.54. The second-order valence-corrected chi connectivity index (χ2v) is 3.83. The first-order valence-electron chi connectivity index (χ1n) is 5.20. The minimum absolute atomic E-state index is 0.0275. The number of hydrogen-bond donors (Lipinski definition) is 2. The van der Waals surface area contributed by atoms with E-state index in [-0.39, 0.29) is 24.9 Å². The second kappa shape index (κ2) is 5.58. The number of ether oxygens (including phenoxy) is 1. The van der Waals surface area contributed by atoms with Crippen LogP contribution in [-0.2, 0) is 4.74 Å². The summed E-state index contributed by atoms with van der Waals surface area (Å²) in [6.45, 7) is 2.17. The first-order chi connectivity index (χ1) is 6.26. The topological polar surface area (TPSA) is 49.7 Å². The Morgan fingerprint density at radius 1 is 1.31 bits per heavy atom. The van der Waals surface area contributed by atoms with Crippen molar-refractivity contribution in [3.8, 4) is 0 Å². The van der Waals surface area contributed by atoms with Crippen molar-refractivity contribution >= 4 is 0 Å². The molecular formula is C10H20O3. The molecule has 0 bridgehead atoms. The summed E-state index contributed by atoms with van der Waals surface area (Å²) in [5.74, 6) is 0. The molecule has 1 fully saturated rings. The molecule has 0 saturated carbocycles. The molecule has 0 radical (unpaired) electrons. The van der Waals surface area contributed by atoms with Gasteiger partial charge in [0.05, 0.1) is 24.9 Å². The van der Waals surface area contributed by atoms with Crippen LogP contribution < -0.4 is 0 Å². The van der Waals surface area contributed by atoms with Crippen molar-refractivity contribution in [2.75, 3.05) is 6.61 Å². The molecule has 1 rings (SSSR count). The molecule has 1 aliphatic heterocycles. The predicted molar refractivity (Wildman–Crippen MR) is 50.5 cm³/mol. The summed E-state index contributed by atoms with van der Waals surface area (Å²) in [6.07, 6.45) is 4.33. The van der Waals surface area contributed by atoms with Crippen molar-refractivity contribution in [3.63, 3.8) is 0 Å². The van der Waals surface area contributed by atoms with Gasteiger partial charge in [0, 0.05) is 6.42 Å². The first-order valence-corrected chi connectivity index (χ1v) is 5.20. The lowest BCUT2D eigenvalue weighted by atomic mass is 9.98. The summed E-state index contributed by atoms with van der Waals surface area (Å²) in [4.78, 5) is 0. The molecular weight excluding hydrogens is 168 g/mol. The van der Waals surface area contributed by atoms with E-state index in [1.807, 2.05) is 0 Å². The molecule has 2 N–H and O–H groups in total. The molecule has 3 heteroatoms. The van der Waals surface area contributed by atoms with Crippen LogP contribution in [0.4, 0.5) is 0 Å². The summed E-state index contributed by atoms with van der Waals surface area (Å²) >= 11 is 0. The molecule has 0 unspecified atom stereocenters. The fraction of sp³-hybridized carbons (Fsp3) is 1.00. The zero-order valence-corrected chi connectivity index (χ0v) is 8.28. The van der Waals surface area contributed by atoms with Crippen LogP contribution in [0.15, 0.2) is 0 Å². The SMILES string of the molecule is CCCC[C@H]1C[C@@H](O)C[C@@H](CO)O1. The Morgan fingerprint density at radius 3 is 2.62 bits per heavy atom. The zero-order valence-electron chi connectivity index (χ0n) is 8.28. The Bertz CT molecular complexity index is 138. The monoisotopic (exact) mass is 188 g/mol. The second-order valence-electron chi connectivity index (χ2n) is 3.83. The van der Waals surface area contributed by atoms with Crippen LogP contribution >= 0.6 is 0 Å². The van der Waals surface area contributed by atoms with Crippen LogP contribution in [0.5, 0.6) is 0 Å². The highest BCUT2D eigenvalue weighted by molar-refractivity contribution is 4.76. The lowest BCUT2D eigenvalue weighted by Gasteiger charge is -2.32. The Kier molecular flexibility index (Phi) is 4.70. The number of aliphatic hydroxyl groups is 2. The molecule has 0 aliphatic carbocycles. The fourth-order valence-electron chi connectivity index (χ4n) is 1.82. The minimum Gasteiger partial charge on any atom is -0.394 e. The Labute approximate surface area is 79.7 Å². The molecule has 1 heterocycles. The third-order valence-electron chi connectivity index (χ3n) is 2.54. The quantitative estimate of drug-likeness (QED) is 0.694. The first kappa shape index (κ1) is 11.0. The average molecular weight is 188 g/mol. The highest BCUT2D eigenvalue weighted by Gasteiger charge is 2.27. The maximum atomic E-state index is 9.49. The number of aliphatic hydroxyl groups excluding tert-OH is 2. The van der Waals surface area contributed by atoms with Crippen molar-refractivity contribution < 1.29 is 14.9 Å². The van der Waals surface area contributed by atoms with Gasteiger partial charge in [0.15, 0.2) is 0 Å². The molecule has 0 amide bonds. The van der Waals surface area contributed by atoms with E-state index < -0.39 is 0 Å². The standard InChI is InChI=1S/C10H20O3/c1-2-3-4-9-5-8(12)6-10(7-11)13-9/h8-12H,2-7H2,1H3/t8-,9+,10+/m1/s1. The van der Waals surface area contributed by atoms with Gasteiger partial charge in [0.25, 0.3) is 0 Å². The van der Waals surface area contributed by atoms with E-state index in [4.69, 9.17) is 9.84 Å². The van der Waals surface area contributed by atoms with Crippen molar-refractivity contribution in [2.24, 2.45) is 0 Å². The summed E-state index contributed by atoms with van der Waals surface area (Å²) in [7, 11) is 0. The van der Waals surface area contributed by atoms with Crippen molar-refractivity contribution in [3.05, 3.63) is 0 Å². The summed E-state index contributed by atoms with van der Waals surface area (Å²) < 4.78 is 5.60. The predicted octanol–water partition coefficient (Wildman–Crippen LogP) is 1.08. The summed E-state index contributed by atoms with van der Waals surface area (Å²) in [5.41, 5.74) is 0. The third kappa shape index (κ3) is 3.63. The van der Waals surface area contributed by atoms with Crippen LogP contribution in [0.1, 0.15) is 39.0 Å². The minimum atomic E-state index is -0.284. The van der Waals surface area contributed by atoms with E-state index >= 15 is 0 Å². The molecule has 0 aromatic carbocycles. The van der Waals surface area contributed by atoms with E-state index in [1.54, 1.807) is 0 Å². The zero-order chi connectivity index (χ0) is 9.68. The van der Waals surface area contributed by atoms with Gasteiger partial charge in [-0.05, 0) is 12.8 Å². The molecule has 1 saturated heterocycles. The Balaban J connectivity index is 2.29. The van der Waals surface area contributed by atoms with Crippen molar-refractivity contribution in [2.45, 2.75) is 57.3 Å². The van der Waals surface area contributed by atoms with E-state index in [2.05, 4.69) is 6.92 Å². The van der Waals surface area contributed by atoms with E-state index in [9.17, 15) is 5.11 Å². The van der Waals surface area contributed by atoms with Gasteiger partial charge in [-0.25, -0.2) is 0 Å². The highest BCUT2D eigenvalue weighted by atomic mass is 16.5. The average Bonchev–Trinajstić information content (AvgIpc) is 2.14. The molecule has 3 atom stereocenters. The summed E-state index contributed by atoms with van der Waals surface area (Å²) in [6, 6.07) is 0. The fourth-order valence-corrected chi connectivity index (χ4v) is 1.82. The number of hydrogen-bond acceptors (Lipinski definition) is 3. The van der Waals surface area contributed by atoms with Gasteiger partial charge in [-0.3, -0.25) is 0 Å². The number of unbranched alkanes of at least 4 members (excludes halogenated alkanes) is 1. The van der Waals surface area contributed by atoms with E-state index in [0.29, 0.717) is 6.42 Å². The molecule has 0 spiro atoms. The smallest absolute Gasteiger partial charge is 0.0834 e. The Morgan fingerprint density at radius 2 is 2.00 bits per heavy atom.